The summed E-state index contributed by atoms with van der Waals surface area (Å²) in [5.74, 6) is -0.480. The zero-order valence-corrected chi connectivity index (χ0v) is 31.9. The molecule has 0 aliphatic heterocycles. The zero-order valence-electron chi connectivity index (χ0n) is 31.0. The lowest BCUT2D eigenvalue weighted by molar-refractivity contribution is -0.124. The highest BCUT2D eigenvalue weighted by Gasteiger charge is 2.27. The molecule has 4 unspecified atom stereocenters. The van der Waals surface area contributed by atoms with Crippen LogP contribution in [0.15, 0.2) is 48.6 Å². The van der Waals surface area contributed by atoms with E-state index in [1.54, 1.807) is 6.08 Å². The number of rotatable bonds is 35. The Bertz CT molecular complexity index is 925. The lowest BCUT2D eigenvalue weighted by atomic mass is 10.1. The summed E-state index contributed by atoms with van der Waals surface area (Å²) >= 11 is 0. The monoisotopic (exact) mass is 713 g/mol. The van der Waals surface area contributed by atoms with Crippen LogP contribution in [0.5, 0.6) is 0 Å². The standard InChI is InChI=1S/C39H73N2O7P/c1-3-5-7-9-11-13-15-16-17-18-19-21-23-25-27-29-31-38(43)37(35-48-49(45,46)47-33-32-40)41-39(44)34-36(42)30-28-26-24-22-20-14-12-10-8-6-4-2/h16-17,21-24,29,31,36-38,42-43H,3-15,18-20,25-28,30,32-35,40H2,1-2H3,(H,41,44)(H,45,46)/b17-16+,23-21+,24-22-,31-29+. The number of aliphatic hydroxyl groups is 2. The van der Waals surface area contributed by atoms with Crippen molar-refractivity contribution in [3.05, 3.63) is 48.6 Å². The van der Waals surface area contributed by atoms with Gasteiger partial charge in [-0.25, -0.2) is 4.57 Å². The molecule has 49 heavy (non-hydrogen) atoms. The van der Waals surface area contributed by atoms with Gasteiger partial charge in [0.25, 0.3) is 0 Å². The van der Waals surface area contributed by atoms with Crippen LogP contribution >= 0.6 is 7.82 Å². The maximum atomic E-state index is 12.7. The van der Waals surface area contributed by atoms with Gasteiger partial charge in [-0.3, -0.25) is 13.8 Å². The van der Waals surface area contributed by atoms with Crippen LogP contribution in [-0.2, 0) is 18.4 Å². The molecule has 0 spiro atoms. The second-order valence-electron chi connectivity index (χ2n) is 12.9. The fraction of sp³-hybridized carbons (Fsp3) is 0.769. The summed E-state index contributed by atoms with van der Waals surface area (Å²) in [7, 11) is -4.41. The number of allylic oxidation sites excluding steroid dienone is 7. The van der Waals surface area contributed by atoms with Crippen LogP contribution in [0.1, 0.15) is 155 Å². The van der Waals surface area contributed by atoms with E-state index in [1.165, 1.54) is 77.0 Å². The van der Waals surface area contributed by atoms with Crippen molar-refractivity contribution in [2.24, 2.45) is 5.73 Å². The van der Waals surface area contributed by atoms with Gasteiger partial charge in [0.1, 0.15) is 0 Å². The Kier molecular flexibility index (Phi) is 33.7. The highest BCUT2D eigenvalue weighted by atomic mass is 31.2. The van der Waals surface area contributed by atoms with Gasteiger partial charge in [0.2, 0.25) is 5.91 Å². The molecule has 0 aromatic rings. The minimum atomic E-state index is -4.41. The topological polar surface area (TPSA) is 151 Å². The Hall–Kier alpha value is -1.58. The van der Waals surface area contributed by atoms with Gasteiger partial charge in [-0.15, -0.1) is 0 Å². The molecule has 9 nitrogen and oxygen atoms in total. The molecule has 0 aromatic heterocycles. The summed E-state index contributed by atoms with van der Waals surface area (Å²) in [4.78, 5) is 22.6. The van der Waals surface area contributed by atoms with Crippen molar-refractivity contribution >= 4 is 13.7 Å². The molecule has 0 fully saturated rings. The van der Waals surface area contributed by atoms with Gasteiger partial charge in [0.05, 0.1) is 37.9 Å². The molecule has 0 bridgehead atoms. The molecule has 0 heterocycles. The summed E-state index contributed by atoms with van der Waals surface area (Å²) in [5, 5.41) is 23.8. The predicted octanol–water partition coefficient (Wildman–Crippen LogP) is 9.13. The van der Waals surface area contributed by atoms with Gasteiger partial charge in [-0.1, -0.05) is 127 Å². The lowest BCUT2D eigenvalue weighted by Gasteiger charge is -2.24. The molecular weight excluding hydrogens is 639 g/mol. The van der Waals surface area contributed by atoms with E-state index in [2.05, 4.69) is 55.6 Å². The van der Waals surface area contributed by atoms with Crippen molar-refractivity contribution in [2.45, 2.75) is 173 Å². The molecule has 0 radical (unpaired) electrons. The Morgan fingerprint density at radius 2 is 1.16 bits per heavy atom. The van der Waals surface area contributed by atoms with Crippen molar-refractivity contribution in [3.63, 3.8) is 0 Å². The first-order valence-corrected chi connectivity index (χ1v) is 20.8. The third-order valence-electron chi connectivity index (χ3n) is 8.16. The van der Waals surface area contributed by atoms with E-state index in [1.807, 2.05) is 6.08 Å². The number of hydrogen-bond acceptors (Lipinski definition) is 7. The van der Waals surface area contributed by atoms with E-state index in [4.69, 9.17) is 14.8 Å². The molecule has 286 valence electrons. The Morgan fingerprint density at radius 3 is 1.69 bits per heavy atom. The van der Waals surface area contributed by atoms with Crippen LogP contribution in [-0.4, -0.2) is 59.0 Å². The smallest absolute Gasteiger partial charge is 0.393 e. The number of hydrogen-bond donors (Lipinski definition) is 5. The number of nitrogens with two attached hydrogens (primary N) is 1. The zero-order chi connectivity index (χ0) is 36.3. The molecule has 0 aromatic carbocycles. The van der Waals surface area contributed by atoms with Crippen LogP contribution < -0.4 is 11.1 Å². The van der Waals surface area contributed by atoms with Crippen LogP contribution in [0.4, 0.5) is 0 Å². The third kappa shape index (κ3) is 33.3. The first-order chi connectivity index (χ1) is 23.8. The number of nitrogens with one attached hydrogen (secondary N) is 1. The highest BCUT2D eigenvalue weighted by molar-refractivity contribution is 7.47. The number of carbonyl (C=O) groups is 1. The fourth-order valence-electron chi connectivity index (χ4n) is 5.21. The average Bonchev–Trinajstić information content (AvgIpc) is 3.07. The summed E-state index contributed by atoms with van der Waals surface area (Å²) in [6, 6.07) is -1.01. The van der Waals surface area contributed by atoms with Crippen molar-refractivity contribution in [1.82, 2.24) is 5.32 Å². The van der Waals surface area contributed by atoms with Gasteiger partial charge in [-0.05, 0) is 70.6 Å². The number of aliphatic hydroxyl groups excluding tert-OH is 2. The van der Waals surface area contributed by atoms with Crippen LogP contribution in [0.25, 0.3) is 0 Å². The second-order valence-corrected chi connectivity index (χ2v) is 14.4. The minimum absolute atomic E-state index is 0.0383. The van der Waals surface area contributed by atoms with Crippen molar-refractivity contribution in [2.75, 3.05) is 19.8 Å². The molecule has 0 rings (SSSR count). The molecular formula is C39H73N2O7P. The third-order valence-corrected chi connectivity index (χ3v) is 9.14. The van der Waals surface area contributed by atoms with Gasteiger partial charge < -0.3 is 26.2 Å². The van der Waals surface area contributed by atoms with Crippen LogP contribution in [0.2, 0.25) is 0 Å². The van der Waals surface area contributed by atoms with Crippen molar-refractivity contribution in [1.29, 1.82) is 0 Å². The number of unbranched alkanes of at least 4 members (excludes halogenated alkanes) is 15. The summed E-state index contributed by atoms with van der Waals surface area (Å²) in [6.45, 7) is 3.87. The molecule has 1 amide bonds. The quantitative estimate of drug-likeness (QED) is 0.0248. The van der Waals surface area contributed by atoms with E-state index in [0.29, 0.717) is 12.8 Å². The summed E-state index contributed by atoms with van der Waals surface area (Å²) in [5.41, 5.74) is 5.34. The number of amides is 1. The Morgan fingerprint density at radius 1 is 0.694 bits per heavy atom. The Labute approximate surface area is 299 Å². The van der Waals surface area contributed by atoms with Gasteiger partial charge in [-0.2, -0.15) is 0 Å². The Balaban J connectivity index is 4.56. The van der Waals surface area contributed by atoms with Crippen molar-refractivity contribution < 1.29 is 33.5 Å². The lowest BCUT2D eigenvalue weighted by Crippen LogP contribution is -2.46. The molecule has 6 N–H and O–H groups in total. The SMILES string of the molecule is CCCCCCCC/C=C\CCCC(O)CC(=O)NC(COP(=O)(O)OCCN)C(O)/C=C/CC/C=C/CC/C=C/CCCCCCCC. The summed E-state index contributed by atoms with van der Waals surface area (Å²) in [6.07, 6.45) is 37.7. The first-order valence-electron chi connectivity index (χ1n) is 19.3. The number of phosphoric ester groups is 1. The number of carbonyl (C=O) groups excluding carboxylic acids is 1. The fourth-order valence-corrected chi connectivity index (χ4v) is 5.97. The maximum absolute atomic E-state index is 12.7. The average molecular weight is 713 g/mol. The van der Waals surface area contributed by atoms with Gasteiger partial charge >= 0.3 is 7.82 Å². The molecule has 4 atom stereocenters. The van der Waals surface area contributed by atoms with Gasteiger partial charge in [0.15, 0.2) is 0 Å². The maximum Gasteiger partial charge on any atom is 0.472 e. The van der Waals surface area contributed by atoms with E-state index in [-0.39, 0.29) is 19.6 Å². The summed E-state index contributed by atoms with van der Waals surface area (Å²) < 4.78 is 22.0. The molecule has 0 aliphatic rings. The van der Waals surface area contributed by atoms with Crippen LogP contribution in [0.3, 0.4) is 0 Å². The van der Waals surface area contributed by atoms with E-state index >= 15 is 0 Å². The van der Waals surface area contributed by atoms with Crippen molar-refractivity contribution in [3.8, 4) is 0 Å². The largest absolute Gasteiger partial charge is 0.472 e. The van der Waals surface area contributed by atoms with Gasteiger partial charge in [0, 0.05) is 6.54 Å². The normalized spacial score (nSPS) is 15.5. The van der Waals surface area contributed by atoms with E-state index in [9.17, 15) is 24.5 Å². The van der Waals surface area contributed by atoms with Crippen LogP contribution in [0, 0.1) is 0 Å². The molecule has 0 aliphatic carbocycles. The highest BCUT2D eigenvalue weighted by Crippen LogP contribution is 2.43. The van der Waals surface area contributed by atoms with E-state index in [0.717, 1.165) is 44.9 Å². The second kappa shape index (κ2) is 34.9. The predicted molar refractivity (Wildman–Crippen MR) is 204 cm³/mol. The molecule has 0 saturated heterocycles. The first kappa shape index (κ1) is 47.4. The number of phosphoric acid groups is 1. The molecule has 0 saturated carbocycles. The minimum Gasteiger partial charge on any atom is -0.393 e. The molecule has 10 heteroatoms. The van der Waals surface area contributed by atoms with E-state index < -0.39 is 38.6 Å².